The fraction of sp³-hybridized carbons (Fsp3) is 0.650. The molecule has 247 valence electrons. The molecule has 6 rings (SSSR count). The largest absolute Gasteiger partial charge is 0.481 e. The summed E-state index contributed by atoms with van der Waals surface area (Å²) in [5, 5.41) is 19.6. The van der Waals surface area contributed by atoms with Gasteiger partial charge in [0.25, 0.3) is 0 Å². The minimum atomic E-state index is -0.606. The second-order valence-corrected chi connectivity index (χ2v) is 16.3. The third kappa shape index (κ3) is 5.95. The molecule has 4 aliphatic rings. The van der Waals surface area contributed by atoms with E-state index in [4.69, 9.17) is 0 Å². The van der Waals surface area contributed by atoms with Crippen molar-refractivity contribution in [1.82, 2.24) is 0 Å². The number of fused-ring (bicyclic) bond motifs is 6. The Kier molecular flexibility index (Phi) is 10.2. The number of rotatable bonds is 4. The van der Waals surface area contributed by atoms with Gasteiger partial charge < -0.3 is 10.2 Å². The van der Waals surface area contributed by atoms with Gasteiger partial charge in [0.1, 0.15) is 0 Å². The molecule has 2 aromatic carbocycles. The maximum Gasteiger partial charge on any atom is 0.309 e. The minimum Gasteiger partial charge on any atom is -0.481 e. The van der Waals surface area contributed by atoms with Crippen LogP contribution in [0.1, 0.15) is 152 Å². The van der Waals surface area contributed by atoms with E-state index < -0.39 is 22.8 Å². The normalized spacial score (nSPS) is 33.4. The molecule has 0 spiro atoms. The molecule has 0 amide bonds. The topological polar surface area (TPSA) is 74.6 Å². The second-order valence-electron chi connectivity index (χ2n) is 16.3. The predicted octanol–water partition coefficient (Wildman–Crippen LogP) is 9.81. The molecule has 0 aliphatic heterocycles. The number of aryl methyl sites for hydroxylation is 2. The van der Waals surface area contributed by atoms with Gasteiger partial charge in [-0.2, -0.15) is 0 Å². The van der Waals surface area contributed by atoms with Crippen molar-refractivity contribution in [2.45, 2.75) is 142 Å². The van der Waals surface area contributed by atoms with E-state index in [2.05, 4.69) is 77.9 Å². The standard InChI is InChI=1S/2C20H28O2.Mn/c2*1-13(2)14-6-8-16-15(12-14)7-9-17-19(16,3)10-5-11-20(17,4)18(21)22;/h2*6,8,12-13,17H,5,7,9-11H2,1-4H3,(H,21,22);. The molecule has 0 bridgehead atoms. The average Bonchev–Trinajstić information content (AvgIpc) is 2.96. The van der Waals surface area contributed by atoms with Crippen LogP contribution in [0.3, 0.4) is 0 Å². The van der Waals surface area contributed by atoms with Crippen molar-refractivity contribution in [2.24, 2.45) is 22.7 Å². The van der Waals surface area contributed by atoms with E-state index in [0.29, 0.717) is 11.8 Å². The summed E-state index contributed by atoms with van der Waals surface area (Å²) in [6.45, 7) is 17.5. The van der Waals surface area contributed by atoms with Crippen LogP contribution in [-0.2, 0) is 50.3 Å². The van der Waals surface area contributed by atoms with Crippen molar-refractivity contribution in [3.63, 3.8) is 0 Å². The van der Waals surface area contributed by atoms with Gasteiger partial charge in [0.2, 0.25) is 0 Å². The third-order valence-electron chi connectivity index (χ3n) is 13.1. The third-order valence-corrected chi connectivity index (χ3v) is 13.1. The predicted molar refractivity (Wildman–Crippen MR) is 179 cm³/mol. The number of hydrogen-bond donors (Lipinski definition) is 2. The van der Waals surface area contributed by atoms with Crippen LogP contribution >= 0.6 is 0 Å². The van der Waals surface area contributed by atoms with E-state index in [9.17, 15) is 19.8 Å². The molecule has 4 aliphatic carbocycles. The summed E-state index contributed by atoms with van der Waals surface area (Å²) in [5.74, 6) is 0.390. The molecule has 2 aromatic rings. The summed E-state index contributed by atoms with van der Waals surface area (Å²) < 4.78 is 0. The van der Waals surface area contributed by atoms with Crippen LogP contribution in [-0.4, -0.2) is 22.2 Å². The Morgan fingerprint density at radius 2 is 1.00 bits per heavy atom. The zero-order valence-electron chi connectivity index (χ0n) is 28.9. The number of carbonyl (C=O) groups is 2. The van der Waals surface area contributed by atoms with Crippen LogP contribution in [0.25, 0.3) is 0 Å². The zero-order valence-corrected chi connectivity index (χ0v) is 30.1. The number of benzene rings is 2. The van der Waals surface area contributed by atoms with E-state index in [1.165, 1.54) is 33.4 Å². The molecule has 6 unspecified atom stereocenters. The van der Waals surface area contributed by atoms with Gasteiger partial charge in [-0.15, -0.1) is 0 Å². The van der Waals surface area contributed by atoms with Crippen molar-refractivity contribution < 1.29 is 36.9 Å². The Bertz CT molecular complexity index is 1320. The number of carboxylic acids is 2. The number of carboxylic acid groups (broad SMARTS) is 2. The Labute approximate surface area is 282 Å². The van der Waals surface area contributed by atoms with Gasteiger partial charge in [-0.1, -0.05) is 90.8 Å². The SMILES string of the molecule is CC(C)c1ccc2c(c1)CCC1C(C)(C(=O)O)CCCC21C.CC(C)c1ccc2c(c1)CCC1C(C)(C(=O)O)CCCC21C.[Mn]. The summed E-state index contributed by atoms with van der Waals surface area (Å²) >= 11 is 0. The maximum atomic E-state index is 11.9. The summed E-state index contributed by atoms with van der Waals surface area (Å²) in [6.07, 6.45) is 9.98. The molecule has 2 saturated carbocycles. The van der Waals surface area contributed by atoms with E-state index in [-0.39, 0.29) is 39.7 Å². The van der Waals surface area contributed by atoms with Gasteiger partial charge >= 0.3 is 11.9 Å². The van der Waals surface area contributed by atoms with Gasteiger partial charge in [-0.25, -0.2) is 0 Å². The molecule has 6 atom stereocenters. The van der Waals surface area contributed by atoms with E-state index >= 15 is 0 Å². The summed E-state index contributed by atoms with van der Waals surface area (Å²) in [4.78, 5) is 23.9. The Hall–Kier alpha value is -2.10. The van der Waals surface area contributed by atoms with E-state index in [1.54, 1.807) is 0 Å². The van der Waals surface area contributed by atoms with Crippen molar-refractivity contribution in [2.75, 3.05) is 0 Å². The average molecular weight is 656 g/mol. The first-order chi connectivity index (χ1) is 20.6. The number of hydrogen-bond acceptors (Lipinski definition) is 2. The van der Waals surface area contributed by atoms with Gasteiger partial charge in [0, 0.05) is 17.1 Å². The molecule has 2 fully saturated rings. The summed E-state index contributed by atoms with van der Waals surface area (Å²) in [7, 11) is 0. The van der Waals surface area contributed by atoms with Crippen LogP contribution in [0.4, 0.5) is 0 Å². The van der Waals surface area contributed by atoms with E-state index in [0.717, 1.165) is 64.2 Å². The molecule has 1 radical (unpaired) electrons. The fourth-order valence-corrected chi connectivity index (χ4v) is 10.3. The molecule has 45 heavy (non-hydrogen) atoms. The van der Waals surface area contributed by atoms with Crippen LogP contribution in [0.2, 0.25) is 0 Å². The van der Waals surface area contributed by atoms with Crippen LogP contribution in [0.5, 0.6) is 0 Å². The Morgan fingerprint density at radius 1 is 0.644 bits per heavy atom. The van der Waals surface area contributed by atoms with Crippen LogP contribution in [0, 0.1) is 22.7 Å². The Balaban J connectivity index is 0.000000200. The van der Waals surface area contributed by atoms with Gasteiger partial charge in [-0.05, 0) is 133 Å². The fourth-order valence-electron chi connectivity index (χ4n) is 10.3. The second kappa shape index (κ2) is 12.8. The van der Waals surface area contributed by atoms with Gasteiger partial charge in [-0.3, -0.25) is 9.59 Å². The molecule has 0 saturated heterocycles. The van der Waals surface area contributed by atoms with Crippen molar-refractivity contribution in [3.05, 3.63) is 69.8 Å². The molecular weight excluding hydrogens is 599 g/mol. The maximum absolute atomic E-state index is 11.9. The van der Waals surface area contributed by atoms with Crippen molar-refractivity contribution in [3.8, 4) is 0 Å². The molecule has 0 aromatic heterocycles. The quantitative estimate of drug-likeness (QED) is 0.322. The molecule has 0 heterocycles. The van der Waals surface area contributed by atoms with E-state index in [1.807, 2.05) is 13.8 Å². The first-order valence-electron chi connectivity index (χ1n) is 17.3. The molecule has 4 nitrogen and oxygen atoms in total. The first kappa shape index (κ1) is 35.7. The number of aliphatic carboxylic acids is 2. The zero-order chi connectivity index (χ0) is 32.2. The molecule has 2 N–H and O–H groups in total. The summed E-state index contributed by atoms with van der Waals surface area (Å²) in [6, 6.07) is 13.8. The van der Waals surface area contributed by atoms with Gasteiger partial charge in [0.05, 0.1) is 10.8 Å². The van der Waals surface area contributed by atoms with Crippen LogP contribution < -0.4 is 0 Å². The van der Waals surface area contributed by atoms with Crippen molar-refractivity contribution >= 4 is 11.9 Å². The molecular formula is C40H56MnO4. The smallest absolute Gasteiger partial charge is 0.309 e. The first-order valence-corrected chi connectivity index (χ1v) is 17.3. The Morgan fingerprint density at radius 3 is 1.31 bits per heavy atom. The van der Waals surface area contributed by atoms with Gasteiger partial charge in [0.15, 0.2) is 0 Å². The minimum absolute atomic E-state index is 0. The van der Waals surface area contributed by atoms with Crippen LogP contribution in [0.15, 0.2) is 36.4 Å². The monoisotopic (exact) mass is 655 g/mol. The van der Waals surface area contributed by atoms with Crippen molar-refractivity contribution in [1.29, 1.82) is 0 Å². The summed E-state index contributed by atoms with van der Waals surface area (Å²) in [5.41, 5.74) is 7.46. The molecule has 5 heteroatoms.